The highest BCUT2D eigenvalue weighted by Crippen LogP contribution is 2.29. The molecule has 12 heteroatoms. The zero-order valence-corrected chi connectivity index (χ0v) is 16.6. The van der Waals surface area contributed by atoms with Crippen LogP contribution in [0.25, 0.3) is 0 Å². The molecule has 0 radical (unpaired) electrons. The van der Waals surface area contributed by atoms with Crippen molar-refractivity contribution in [1.29, 1.82) is 0 Å². The van der Waals surface area contributed by atoms with E-state index < -0.39 is 33.5 Å². The summed E-state index contributed by atoms with van der Waals surface area (Å²) in [6, 6.07) is 7.40. The van der Waals surface area contributed by atoms with Crippen LogP contribution in [0.5, 0.6) is 0 Å². The second kappa shape index (κ2) is 9.22. The number of amides is 2. The molecule has 0 atom stereocenters. The minimum Gasteiger partial charge on any atom is -0.351 e. The molecule has 2 rings (SSSR count). The topological polar surface area (TPSA) is 131 Å². The molecule has 2 amide bonds. The summed E-state index contributed by atoms with van der Waals surface area (Å²) in [5, 5.41) is 4.67. The third-order valence-corrected chi connectivity index (χ3v) is 4.74. The average molecular weight is 444 g/mol. The van der Waals surface area contributed by atoms with Crippen molar-refractivity contribution in [1.82, 2.24) is 10.3 Å². The molecule has 1 aromatic heterocycles. The molecule has 0 aliphatic heterocycles. The van der Waals surface area contributed by atoms with Crippen molar-refractivity contribution in [3.63, 3.8) is 0 Å². The predicted molar refractivity (Wildman–Crippen MR) is 104 cm³/mol. The molecule has 8 nitrogen and oxygen atoms in total. The fourth-order valence-electron chi connectivity index (χ4n) is 2.36. The third kappa shape index (κ3) is 6.81. The van der Waals surface area contributed by atoms with Crippen LogP contribution >= 0.6 is 0 Å². The number of alkyl halides is 3. The Hall–Kier alpha value is -2.99. The maximum atomic E-state index is 13.0. The molecule has 30 heavy (non-hydrogen) atoms. The van der Waals surface area contributed by atoms with Gasteiger partial charge in [0.25, 0.3) is 11.8 Å². The van der Waals surface area contributed by atoms with Gasteiger partial charge in [0.2, 0.25) is 0 Å². The third-order valence-electron chi connectivity index (χ3n) is 3.80. The summed E-state index contributed by atoms with van der Waals surface area (Å²) < 4.78 is 61.1. The SMILES string of the molecule is CS(=O)(=O)CCNC(=O)c1cccc(C(=O)Nc2cc(CN)cc(C(F)(F)F)n2)c1. The lowest BCUT2D eigenvalue weighted by Gasteiger charge is -2.12. The molecule has 2 aromatic rings. The summed E-state index contributed by atoms with van der Waals surface area (Å²) in [6.07, 6.45) is -3.68. The fourth-order valence-corrected chi connectivity index (χ4v) is 2.83. The number of nitrogens with one attached hydrogen (secondary N) is 2. The summed E-state index contributed by atoms with van der Waals surface area (Å²) in [4.78, 5) is 27.9. The highest BCUT2D eigenvalue weighted by Gasteiger charge is 2.33. The first-order valence-electron chi connectivity index (χ1n) is 8.54. The number of aromatic nitrogens is 1. The number of hydrogen-bond donors (Lipinski definition) is 3. The van der Waals surface area contributed by atoms with Crippen molar-refractivity contribution in [3.05, 3.63) is 58.8 Å². The molecule has 1 aromatic carbocycles. The summed E-state index contributed by atoms with van der Waals surface area (Å²) in [7, 11) is -3.25. The van der Waals surface area contributed by atoms with Gasteiger partial charge in [0.05, 0.1) is 5.75 Å². The Labute approximate surface area is 170 Å². The number of hydrogen-bond acceptors (Lipinski definition) is 6. The average Bonchev–Trinajstić information content (AvgIpc) is 2.66. The maximum absolute atomic E-state index is 13.0. The normalized spacial score (nSPS) is 11.8. The fraction of sp³-hybridized carbons (Fsp3) is 0.278. The van der Waals surface area contributed by atoms with Crippen LogP contribution in [0.4, 0.5) is 19.0 Å². The van der Waals surface area contributed by atoms with Gasteiger partial charge in [0.15, 0.2) is 0 Å². The Balaban J connectivity index is 2.17. The molecule has 162 valence electrons. The highest BCUT2D eigenvalue weighted by atomic mass is 32.2. The highest BCUT2D eigenvalue weighted by molar-refractivity contribution is 7.90. The molecule has 1 heterocycles. The predicted octanol–water partition coefficient (Wildman–Crippen LogP) is 1.59. The smallest absolute Gasteiger partial charge is 0.351 e. The molecule has 0 saturated carbocycles. The number of sulfone groups is 1. The van der Waals surface area contributed by atoms with Crippen LogP contribution in [-0.2, 0) is 22.6 Å². The Morgan fingerprint density at radius 2 is 1.73 bits per heavy atom. The van der Waals surface area contributed by atoms with E-state index in [4.69, 9.17) is 5.73 Å². The van der Waals surface area contributed by atoms with Crippen LogP contribution in [0.15, 0.2) is 36.4 Å². The Bertz CT molecular complexity index is 1060. The van der Waals surface area contributed by atoms with E-state index in [2.05, 4.69) is 15.6 Å². The van der Waals surface area contributed by atoms with E-state index in [1.54, 1.807) is 0 Å². The quantitative estimate of drug-likeness (QED) is 0.594. The van der Waals surface area contributed by atoms with Gasteiger partial charge in [-0.3, -0.25) is 9.59 Å². The van der Waals surface area contributed by atoms with Crippen molar-refractivity contribution >= 4 is 27.5 Å². The molecule has 0 aliphatic carbocycles. The molecular formula is C18H19F3N4O4S. The van der Waals surface area contributed by atoms with Gasteiger partial charge in [-0.1, -0.05) is 6.07 Å². The first-order chi connectivity index (χ1) is 13.9. The summed E-state index contributed by atoms with van der Waals surface area (Å²) in [6.45, 7) is -0.290. The molecule has 4 N–H and O–H groups in total. The Kier molecular flexibility index (Phi) is 7.16. The lowest BCUT2D eigenvalue weighted by atomic mass is 10.1. The Morgan fingerprint density at radius 3 is 2.30 bits per heavy atom. The second-order valence-corrected chi connectivity index (χ2v) is 8.63. The lowest BCUT2D eigenvalue weighted by Crippen LogP contribution is -2.29. The zero-order chi connectivity index (χ0) is 22.5. The van der Waals surface area contributed by atoms with Gasteiger partial charge in [-0.2, -0.15) is 13.2 Å². The number of pyridine rings is 1. The number of anilines is 1. The number of carbonyl (C=O) groups excluding carboxylic acids is 2. The van der Waals surface area contributed by atoms with Crippen LogP contribution < -0.4 is 16.4 Å². The number of nitrogens with two attached hydrogens (primary N) is 1. The number of nitrogens with zero attached hydrogens (tertiary/aromatic N) is 1. The van der Waals surface area contributed by atoms with E-state index in [0.29, 0.717) is 0 Å². The summed E-state index contributed by atoms with van der Waals surface area (Å²) >= 11 is 0. The second-order valence-electron chi connectivity index (χ2n) is 6.37. The zero-order valence-electron chi connectivity index (χ0n) is 15.8. The van der Waals surface area contributed by atoms with E-state index in [9.17, 15) is 31.2 Å². The lowest BCUT2D eigenvalue weighted by molar-refractivity contribution is -0.141. The van der Waals surface area contributed by atoms with Gasteiger partial charge in [0, 0.05) is 30.5 Å². The number of benzene rings is 1. The van der Waals surface area contributed by atoms with Gasteiger partial charge >= 0.3 is 6.18 Å². The monoisotopic (exact) mass is 444 g/mol. The van der Waals surface area contributed by atoms with E-state index in [1.165, 1.54) is 30.3 Å². The first-order valence-corrected chi connectivity index (χ1v) is 10.6. The standard InChI is InChI=1S/C18H19F3N4O4S/c1-30(28,29)6-5-23-16(26)12-3-2-4-13(9-12)17(27)25-15-8-11(10-22)7-14(24-15)18(19,20)21/h2-4,7-9H,5-6,10,22H2,1H3,(H,23,26)(H,24,25,27). The Morgan fingerprint density at radius 1 is 1.10 bits per heavy atom. The molecule has 0 aliphatic rings. The minimum absolute atomic E-state index is 0.000673. The number of rotatable bonds is 7. The molecule has 0 bridgehead atoms. The van der Waals surface area contributed by atoms with Gasteiger partial charge in [-0.25, -0.2) is 13.4 Å². The van der Waals surface area contributed by atoms with Crippen molar-refractivity contribution in [3.8, 4) is 0 Å². The molecule has 0 saturated heterocycles. The first kappa shape index (κ1) is 23.3. The molecule has 0 spiro atoms. The van der Waals surface area contributed by atoms with E-state index in [0.717, 1.165) is 12.3 Å². The minimum atomic E-state index is -4.71. The largest absolute Gasteiger partial charge is 0.433 e. The maximum Gasteiger partial charge on any atom is 0.433 e. The van der Waals surface area contributed by atoms with Gasteiger partial charge in [0.1, 0.15) is 21.3 Å². The van der Waals surface area contributed by atoms with Gasteiger partial charge < -0.3 is 16.4 Å². The van der Waals surface area contributed by atoms with Gasteiger partial charge in [-0.15, -0.1) is 0 Å². The summed E-state index contributed by atoms with van der Waals surface area (Å²) in [5.41, 5.74) is 4.42. The summed E-state index contributed by atoms with van der Waals surface area (Å²) in [5.74, 6) is -1.96. The molecule has 0 fully saturated rings. The van der Waals surface area contributed by atoms with Gasteiger partial charge in [-0.05, 0) is 35.9 Å². The van der Waals surface area contributed by atoms with E-state index in [-0.39, 0.29) is 41.4 Å². The van der Waals surface area contributed by atoms with Crippen LogP contribution in [0.3, 0.4) is 0 Å². The van der Waals surface area contributed by atoms with Crippen molar-refractivity contribution in [2.45, 2.75) is 12.7 Å². The van der Waals surface area contributed by atoms with Crippen LogP contribution in [0, 0.1) is 0 Å². The number of carbonyl (C=O) groups is 2. The van der Waals surface area contributed by atoms with Crippen molar-refractivity contribution in [2.75, 3.05) is 23.9 Å². The van der Waals surface area contributed by atoms with E-state index >= 15 is 0 Å². The molecular weight excluding hydrogens is 425 g/mol. The molecule has 0 unspecified atom stereocenters. The van der Waals surface area contributed by atoms with Crippen molar-refractivity contribution in [2.24, 2.45) is 5.73 Å². The number of halogens is 3. The van der Waals surface area contributed by atoms with E-state index in [1.807, 2.05) is 0 Å². The van der Waals surface area contributed by atoms with Crippen LogP contribution in [0.2, 0.25) is 0 Å². The van der Waals surface area contributed by atoms with Crippen LogP contribution in [0.1, 0.15) is 32.0 Å². The van der Waals surface area contributed by atoms with Crippen molar-refractivity contribution < 1.29 is 31.2 Å². The van der Waals surface area contributed by atoms with Crippen LogP contribution in [-0.4, -0.2) is 43.8 Å².